The van der Waals surface area contributed by atoms with Gasteiger partial charge in [0.25, 0.3) is 5.56 Å². The highest BCUT2D eigenvalue weighted by molar-refractivity contribution is 7.90. The molecule has 2 fully saturated rings. The van der Waals surface area contributed by atoms with Crippen molar-refractivity contribution in [1.82, 2.24) is 19.2 Å². The average Bonchev–Trinajstić information content (AvgIpc) is 3.34. The van der Waals surface area contributed by atoms with Crippen LogP contribution in [0.15, 0.2) is 35.4 Å². The zero-order valence-corrected chi connectivity index (χ0v) is 23.6. The van der Waals surface area contributed by atoms with E-state index >= 15 is 0 Å². The van der Waals surface area contributed by atoms with Crippen LogP contribution in [-0.4, -0.2) is 49.0 Å². The molecule has 40 heavy (non-hydrogen) atoms. The molecule has 1 unspecified atom stereocenters. The molecule has 0 bridgehead atoms. The lowest BCUT2D eigenvalue weighted by atomic mass is 9.77. The Morgan fingerprint density at radius 2 is 2.02 bits per heavy atom. The summed E-state index contributed by atoms with van der Waals surface area (Å²) in [5.41, 5.74) is 0.594. The van der Waals surface area contributed by atoms with Crippen molar-refractivity contribution < 1.29 is 17.5 Å². The number of anilines is 1. The molecule has 1 aromatic heterocycles. The number of hydrogen-bond donors (Lipinski definition) is 2. The van der Waals surface area contributed by atoms with Crippen molar-refractivity contribution in [1.29, 1.82) is 5.26 Å². The highest BCUT2D eigenvalue weighted by Crippen LogP contribution is 2.49. The molecule has 1 saturated carbocycles. The van der Waals surface area contributed by atoms with Crippen LogP contribution in [0, 0.1) is 29.5 Å². The summed E-state index contributed by atoms with van der Waals surface area (Å²) in [6.07, 6.45) is 6.75. The first-order valence-electron chi connectivity index (χ1n) is 13.4. The zero-order chi connectivity index (χ0) is 28.7. The van der Waals surface area contributed by atoms with Gasteiger partial charge in [0, 0.05) is 25.2 Å². The Hall–Kier alpha value is -3.53. The van der Waals surface area contributed by atoms with Crippen LogP contribution >= 0.6 is 0 Å². The van der Waals surface area contributed by atoms with Gasteiger partial charge in [0.1, 0.15) is 17.4 Å². The Morgan fingerprint density at radius 3 is 2.73 bits per heavy atom. The summed E-state index contributed by atoms with van der Waals surface area (Å²) in [6.45, 7) is 5.55. The largest absolute Gasteiger partial charge is 0.452 e. The van der Waals surface area contributed by atoms with E-state index in [0.29, 0.717) is 16.5 Å². The molecule has 2 aliphatic rings. The number of hydrogen-bond acceptors (Lipinski definition) is 7. The predicted octanol–water partition coefficient (Wildman–Crippen LogP) is 4.21. The molecule has 1 saturated heterocycles. The second-order valence-electron chi connectivity index (χ2n) is 10.7. The van der Waals surface area contributed by atoms with E-state index in [1.807, 2.05) is 6.07 Å². The van der Waals surface area contributed by atoms with Crippen LogP contribution in [0.3, 0.4) is 0 Å². The minimum Gasteiger partial charge on any atom is -0.452 e. The van der Waals surface area contributed by atoms with Gasteiger partial charge in [-0.1, -0.05) is 6.92 Å². The summed E-state index contributed by atoms with van der Waals surface area (Å²) in [4.78, 5) is 18.3. The number of aromatic nitrogens is 2. The fourth-order valence-electron chi connectivity index (χ4n) is 5.91. The van der Waals surface area contributed by atoms with Crippen molar-refractivity contribution in [3.63, 3.8) is 0 Å². The summed E-state index contributed by atoms with van der Waals surface area (Å²) < 4.78 is 51.1. The summed E-state index contributed by atoms with van der Waals surface area (Å²) >= 11 is 0. The van der Waals surface area contributed by atoms with Gasteiger partial charge in [-0.25, -0.2) is 9.37 Å². The molecule has 1 atom stereocenters. The van der Waals surface area contributed by atoms with Gasteiger partial charge in [-0.05, 0) is 81.8 Å². The van der Waals surface area contributed by atoms with Crippen LogP contribution in [0.5, 0.6) is 11.5 Å². The van der Waals surface area contributed by atoms with E-state index in [2.05, 4.69) is 15.0 Å². The Kier molecular flexibility index (Phi) is 7.56. The molecule has 10 nitrogen and oxygen atoms in total. The van der Waals surface area contributed by atoms with Crippen molar-refractivity contribution in [2.75, 3.05) is 31.4 Å². The number of aryl methyl sites for hydroxylation is 1. The molecule has 212 valence electrons. The highest BCUT2D eigenvalue weighted by atomic mass is 32.2. The summed E-state index contributed by atoms with van der Waals surface area (Å²) in [7, 11) is -2.58. The average molecular weight is 569 g/mol. The Bertz CT molecular complexity index is 1660. The maximum atomic E-state index is 15.0. The van der Waals surface area contributed by atoms with Gasteiger partial charge in [0.05, 0.1) is 22.9 Å². The molecule has 2 aromatic carbocycles. The third-order valence-corrected chi connectivity index (χ3v) is 9.98. The molecule has 0 radical (unpaired) electrons. The first-order chi connectivity index (χ1) is 19.1. The second kappa shape index (κ2) is 10.8. The van der Waals surface area contributed by atoms with E-state index in [0.717, 1.165) is 55.6 Å². The molecular formula is C28H33FN6O4S. The van der Waals surface area contributed by atoms with E-state index in [-0.39, 0.29) is 40.6 Å². The van der Waals surface area contributed by atoms with Gasteiger partial charge < -0.3 is 10.1 Å². The molecule has 5 rings (SSSR count). The summed E-state index contributed by atoms with van der Waals surface area (Å²) in [5, 5.41) is 13.6. The standard InChI is InChI=1S/C28H33FN6O4S/c1-4-34(3)40(37,38)33-22-6-5-21(29)26(20(22)16-30)39-24-8-7-23-25(18(24)2)27(36)35(17-32-23)19-9-10-28(15-19)11-13-31-14-12-28/h5-8,17,19,31,33H,4,9-15H2,1-3H3. The number of nitrogens with one attached hydrogen (secondary N) is 2. The van der Waals surface area contributed by atoms with Crippen molar-refractivity contribution >= 4 is 26.8 Å². The van der Waals surface area contributed by atoms with E-state index in [9.17, 15) is 22.9 Å². The minimum absolute atomic E-state index is 0.0556. The van der Waals surface area contributed by atoms with Crippen LogP contribution < -0.4 is 20.3 Å². The number of nitrogens with zero attached hydrogens (tertiary/aromatic N) is 4. The first kappa shape index (κ1) is 28.0. The number of piperidine rings is 1. The van der Waals surface area contributed by atoms with Crippen molar-refractivity contribution in [3.05, 3.63) is 57.9 Å². The molecule has 2 heterocycles. The Labute approximate surface area is 233 Å². The minimum atomic E-state index is -3.97. The highest BCUT2D eigenvalue weighted by Gasteiger charge is 2.40. The van der Waals surface area contributed by atoms with Crippen molar-refractivity contribution in [2.45, 2.75) is 52.0 Å². The number of fused-ring (bicyclic) bond motifs is 1. The number of ether oxygens (including phenoxy) is 1. The second-order valence-corrected chi connectivity index (χ2v) is 12.5. The molecular weight excluding hydrogens is 535 g/mol. The Balaban J connectivity index is 1.51. The third kappa shape index (κ3) is 5.05. The lowest BCUT2D eigenvalue weighted by molar-refractivity contribution is 0.201. The Morgan fingerprint density at radius 1 is 1.27 bits per heavy atom. The van der Waals surface area contributed by atoms with Gasteiger partial charge in [-0.2, -0.15) is 18.0 Å². The molecule has 2 N–H and O–H groups in total. The number of nitriles is 1. The maximum Gasteiger partial charge on any atom is 0.301 e. The van der Waals surface area contributed by atoms with Crippen LogP contribution in [0.2, 0.25) is 0 Å². The molecule has 12 heteroatoms. The normalized spacial score (nSPS) is 18.8. The fraction of sp³-hybridized carbons (Fsp3) is 0.464. The molecule has 1 aliphatic carbocycles. The number of rotatable bonds is 7. The molecule has 0 amide bonds. The van der Waals surface area contributed by atoms with E-state index in [4.69, 9.17) is 4.74 Å². The van der Waals surface area contributed by atoms with Crippen LogP contribution in [-0.2, 0) is 10.2 Å². The summed E-state index contributed by atoms with van der Waals surface area (Å²) in [6, 6.07) is 7.30. The quantitative estimate of drug-likeness (QED) is 0.437. The van der Waals surface area contributed by atoms with Crippen LogP contribution in [0.1, 0.15) is 56.2 Å². The molecule has 1 spiro atoms. The van der Waals surface area contributed by atoms with Crippen molar-refractivity contribution in [2.24, 2.45) is 5.41 Å². The molecule has 1 aliphatic heterocycles. The predicted molar refractivity (Wildman–Crippen MR) is 150 cm³/mol. The topological polar surface area (TPSA) is 129 Å². The number of halogens is 1. The van der Waals surface area contributed by atoms with Crippen molar-refractivity contribution in [3.8, 4) is 17.6 Å². The number of benzene rings is 2. The van der Waals surface area contributed by atoms with Gasteiger partial charge in [-0.3, -0.25) is 14.1 Å². The van der Waals surface area contributed by atoms with E-state index < -0.39 is 21.8 Å². The van der Waals surface area contributed by atoms with Crippen LogP contribution in [0.25, 0.3) is 10.9 Å². The third-order valence-electron chi connectivity index (χ3n) is 8.43. The fourth-order valence-corrected chi connectivity index (χ4v) is 6.85. The lowest BCUT2D eigenvalue weighted by Gasteiger charge is -2.34. The summed E-state index contributed by atoms with van der Waals surface area (Å²) in [5.74, 6) is -1.10. The maximum absolute atomic E-state index is 15.0. The van der Waals surface area contributed by atoms with Gasteiger partial charge >= 0.3 is 10.2 Å². The smallest absolute Gasteiger partial charge is 0.301 e. The van der Waals surface area contributed by atoms with E-state index in [1.165, 1.54) is 13.1 Å². The van der Waals surface area contributed by atoms with Crippen LogP contribution in [0.4, 0.5) is 10.1 Å². The monoisotopic (exact) mass is 568 g/mol. The van der Waals surface area contributed by atoms with Gasteiger partial charge in [0.15, 0.2) is 11.6 Å². The lowest BCUT2D eigenvalue weighted by Crippen LogP contribution is -2.35. The zero-order valence-electron chi connectivity index (χ0n) is 22.8. The first-order valence-corrected chi connectivity index (χ1v) is 14.9. The molecule has 3 aromatic rings. The van der Waals surface area contributed by atoms with E-state index in [1.54, 1.807) is 36.9 Å². The van der Waals surface area contributed by atoms with Gasteiger partial charge in [0.2, 0.25) is 0 Å². The SMILES string of the molecule is CCN(C)S(=O)(=O)Nc1ccc(F)c(Oc2ccc3ncn(C4CCC5(CCNCC5)C4)c(=O)c3c2C)c1C#N. The van der Waals surface area contributed by atoms with Gasteiger partial charge in [-0.15, -0.1) is 0 Å².